The average molecular weight is 234 g/mol. The van der Waals surface area contributed by atoms with Gasteiger partial charge in [-0.3, -0.25) is 0 Å². The Morgan fingerprint density at radius 1 is 1.23 bits per heavy atom. The molecule has 0 heterocycles. The third-order valence-corrected chi connectivity index (χ3v) is 1.94. The van der Waals surface area contributed by atoms with Crippen molar-refractivity contribution in [3.63, 3.8) is 0 Å². The minimum atomic E-state index is -4.49. The van der Waals surface area contributed by atoms with Gasteiger partial charge in [0.2, 0.25) is 0 Å². The number of rotatable bonds is 5. The number of hydrogen-bond acceptors (Lipinski definition) is 3. The van der Waals surface area contributed by atoms with Crippen LogP contribution in [0.25, 0.3) is 0 Å². The van der Waals surface area contributed by atoms with Crippen LogP contribution in [0.4, 0.5) is 17.7 Å². The molecular formula is C4H7F4NaO3S. The summed E-state index contributed by atoms with van der Waals surface area (Å²) < 4.78 is 68.5. The molecule has 0 bridgehead atoms. The van der Waals surface area contributed by atoms with Crippen LogP contribution < -0.4 is 0 Å². The zero-order chi connectivity index (χ0) is 9.78. The third-order valence-electron chi connectivity index (χ3n) is 1.01. The molecule has 0 aliphatic heterocycles. The van der Waals surface area contributed by atoms with Crippen LogP contribution in [0.3, 0.4) is 0 Å². The van der Waals surface area contributed by atoms with E-state index in [4.69, 9.17) is 0 Å². The van der Waals surface area contributed by atoms with E-state index in [1.54, 1.807) is 0 Å². The van der Waals surface area contributed by atoms with E-state index >= 15 is 0 Å². The van der Waals surface area contributed by atoms with Gasteiger partial charge in [0.25, 0.3) is 16.5 Å². The summed E-state index contributed by atoms with van der Waals surface area (Å²) in [5.41, 5.74) is 0. The number of alkyl halides is 3. The SMILES string of the molecule is O=S(=O)(CCC(F)C(F)F)OF.[NaH]. The van der Waals surface area contributed by atoms with Gasteiger partial charge in [-0.15, -0.1) is 0 Å². The quantitative estimate of drug-likeness (QED) is 0.515. The van der Waals surface area contributed by atoms with Crippen molar-refractivity contribution in [1.29, 1.82) is 0 Å². The Morgan fingerprint density at radius 2 is 1.69 bits per heavy atom. The van der Waals surface area contributed by atoms with Crippen LogP contribution in [-0.2, 0) is 14.5 Å². The average Bonchev–Trinajstić information content (AvgIpc) is 2.00. The van der Waals surface area contributed by atoms with Crippen molar-refractivity contribution in [2.45, 2.75) is 19.0 Å². The van der Waals surface area contributed by atoms with E-state index in [0.717, 1.165) is 0 Å². The monoisotopic (exact) mass is 234 g/mol. The second kappa shape index (κ2) is 6.99. The molecule has 0 amide bonds. The van der Waals surface area contributed by atoms with Crippen LogP contribution >= 0.6 is 0 Å². The summed E-state index contributed by atoms with van der Waals surface area (Å²) in [7, 11) is -4.49. The summed E-state index contributed by atoms with van der Waals surface area (Å²) in [6, 6.07) is 0. The Morgan fingerprint density at radius 3 is 2.00 bits per heavy atom. The number of hydrogen-bond donors (Lipinski definition) is 0. The first-order chi connectivity index (χ1) is 5.39. The van der Waals surface area contributed by atoms with Crippen LogP contribution in [0.1, 0.15) is 6.42 Å². The fourth-order valence-electron chi connectivity index (χ4n) is 0.414. The molecule has 0 saturated carbocycles. The Bertz CT molecular complexity index is 219. The standard InChI is InChI=1S/C4H6F4O3S.Na.H/c5-3(4(6)7)1-2-12(9,10)11-8;;/h3-4H,1-2H2;;. The third kappa shape index (κ3) is 7.68. The van der Waals surface area contributed by atoms with Crippen molar-refractivity contribution in [3.8, 4) is 0 Å². The van der Waals surface area contributed by atoms with Gasteiger partial charge in [-0.2, -0.15) is 8.42 Å². The molecule has 0 aromatic rings. The molecule has 13 heavy (non-hydrogen) atoms. The van der Waals surface area contributed by atoms with Gasteiger partial charge in [-0.25, -0.2) is 13.2 Å². The first kappa shape index (κ1) is 16.1. The van der Waals surface area contributed by atoms with E-state index in [1.807, 2.05) is 0 Å². The van der Waals surface area contributed by atoms with Crippen LogP contribution in [0, 0.1) is 0 Å². The minimum absolute atomic E-state index is 0. The molecule has 0 spiro atoms. The zero-order valence-corrected chi connectivity index (χ0v) is 6.53. The maximum absolute atomic E-state index is 12.0. The molecule has 0 aliphatic carbocycles. The van der Waals surface area contributed by atoms with Gasteiger partial charge in [0.05, 0.1) is 5.75 Å². The van der Waals surface area contributed by atoms with Gasteiger partial charge in [-0.05, 0) is 4.53 Å². The molecule has 0 N–H and O–H groups in total. The van der Waals surface area contributed by atoms with Crippen molar-refractivity contribution in [2.75, 3.05) is 5.75 Å². The van der Waals surface area contributed by atoms with Crippen LogP contribution in [-0.4, -0.2) is 56.3 Å². The normalized spacial score (nSPS) is 13.9. The van der Waals surface area contributed by atoms with Crippen molar-refractivity contribution in [2.24, 2.45) is 0 Å². The Hall–Kier alpha value is 0.630. The van der Waals surface area contributed by atoms with Gasteiger partial charge in [-0.1, -0.05) is 4.39 Å². The van der Waals surface area contributed by atoms with Crippen molar-refractivity contribution in [1.82, 2.24) is 0 Å². The summed E-state index contributed by atoms with van der Waals surface area (Å²) in [5, 5.41) is 0. The topological polar surface area (TPSA) is 43.4 Å². The predicted molar refractivity (Wildman–Crippen MR) is 38.6 cm³/mol. The van der Waals surface area contributed by atoms with Gasteiger partial charge < -0.3 is 0 Å². The van der Waals surface area contributed by atoms with Crippen LogP contribution in [0.5, 0.6) is 0 Å². The molecule has 0 aromatic heterocycles. The molecule has 0 aliphatic rings. The molecule has 1 atom stereocenters. The second-order valence-electron chi connectivity index (χ2n) is 1.96. The molecule has 3 nitrogen and oxygen atoms in total. The first-order valence-corrected chi connectivity index (χ1v) is 4.42. The Kier molecular flexibility index (Phi) is 8.65. The van der Waals surface area contributed by atoms with E-state index in [1.165, 1.54) is 0 Å². The number of halogens is 4. The summed E-state index contributed by atoms with van der Waals surface area (Å²) in [6.07, 6.45) is -6.82. The summed E-state index contributed by atoms with van der Waals surface area (Å²) in [6.45, 7) is 0. The molecule has 76 valence electrons. The van der Waals surface area contributed by atoms with E-state index in [2.05, 4.69) is 4.39 Å². The Balaban J connectivity index is 0. The maximum atomic E-state index is 12.0. The fourth-order valence-corrected chi connectivity index (χ4v) is 0.991. The molecule has 0 aromatic carbocycles. The molecule has 1 unspecified atom stereocenters. The second-order valence-corrected chi connectivity index (χ2v) is 3.61. The zero-order valence-electron chi connectivity index (χ0n) is 5.71. The van der Waals surface area contributed by atoms with Gasteiger partial charge in [0.1, 0.15) is 0 Å². The summed E-state index contributed by atoms with van der Waals surface area (Å²) >= 11 is 0. The van der Waals surface area contributed by atoms with Gasteiger partial charge in [0.15, 0.2) is 6.17 Å². The molecule has 0 fully saturated rings. The first-order valence-electron chi connectivity index (χ1n) is 2.84. The molecule has 0 radical (unpaired) electrons. The summed E-state index contributed by atoms with van der Waals surface area (Å²) in [4.78, 5) is 0. The van der Waals surface area contributed by atoms with E-state index in [-0.39, 0.29) is 29.6 Å². The van der Waals surface area contributed by atoms with E-state index in [0.29, 0.717) is 0 Å². The van der Waals surface area contributed by atoms with E-state index < -0.39 is 34.9 Å². The van der Waals surface area contributed by atoms with E-state index in [9.17, 15) is 26.1 Å². The van der Waals surface area contributed by atoms with Gasteiger partial charge >= 0.3 is 29.6 Å². The predicted octanol–water partition coefficient (Wildman–Crippen LogP) is 0.562. The van der Waals surface area contributed by atoms with Crippen molar-refractivity contribution >= 4 is 39.7 Å². The van der Waals surface area contributed by atoms with Crippen molar-refractivity contribution < 1.29 is 30.5 Å². The van der Waals surface area contributed by atoms with Crippen LogP contribution in [0.15, 0.2) is 0 Å². The fraction of sp³-hybridized carbons (Fsp3) is 1.00. The van der Waals surface area contributed by atoms with Gasteiger partial charge in [0, 0.05) is 6.42 Å². The molecule has 0 saturated heterocycles. The molecular weight excluding hydrogens is 227 g/mol. The molecule has 0 rings (SSSR count). The molecule has 9 heteroatoms. The summed E-state index contributed by atoms with van der Waals surface area (Å²) in [5.74, 6) is -1.10. The van der Waals surface area contributed by atoms with Crippen LogP contribution in [0.2, 0.25) is 0 Å². The van der Waals surface area contributed by atoms with Crippen molar-refractivity contribution in [3.05, 3.63) is 0 Å². The Labute approximate surface area is 94.8 Å².